The second kappa shape index (κ2) is 30.6. The van der Waals surface area contributed by atoms with Crippen LogP contribution in [0.15, 0.2) is 243 Å². The van der Waals surface area contributed by atoms with E-state index in [4.69, 9.17) is 34.4 Å². The zero-order chi connectivity index (χ0) is 46.0. The molecule has 1 aliphatic rings. The predicted octanol–water partition coefficient (Wildman–Crippen LogP) is 9.72. The number of halogens is 6. The summed E-state index contributed by atoms with van der Waals surface area (Å²) in [6, 6.07) is 83.4. The van der Waals surface area contributed by atoms with E-state index in [0.717, 1.165) is 4.30 Å². The molecule has 1 radical (unpaired) electrons. The van der Waals surface area contributed by atoms with Crippen LogP contribution in [0.5, 0.6) is 0 Å². The first-order valence-corrected chi connectivity index (χ1v) is 26.6. The number of rotatable bonds is 7. The van der Waals surface area contributed by atoms with Crippen LogP contribution in [-0.4, -0.2) is 28.3 Å². The zero-order valence-corrected chi connectivity index (χ0v) is 41.6. The molecular weight excluding hydrogens is 1060 g/mol. The molecule has 0 saturated carbocycles. The van der Waals surface area contributed by atoms with Crippen LogP contribution < -0.4 is 37.1 Å². The van der Waals surface area contributed by atoms with Gasteiger partial charge in [0.15, 0.2) is 18.5 Å². The number of hydrogen-bond acceptors (Lipinski definition) is 5. The van der Waals surface area contributed by atoms with Crippen molar-refractivity contribution in [2.75, 3.05) is 0 Å². The second-order valence-corrected chi connectivity index (χ2v) is 22.3. The molecule has 0 aliphatic carbocycles. The molecule has 0 spiro atoms. The van der Waals surface area contributed by atoms with Crippen LogP contribution in [0.3, 0.4) is 0 Å². The van der Waals surface area contributed by atoms with Gasteiger partial charge in [0.25, 0.3) is 0 Å². The monoisotopic (exact) mass is 1100 g/mol. The topological polar surface area (TPSA) is 97.7 Å². The number of hydrogen-bond donors (Lipinski definition) is 2. The van der Waals surface area contributed by atoms with E-state index < -0.39 is 39.8 Å². The molecule has 1 heterocycles. The largest absolute Gasteiger partial charge is 1.00 e. The summed E-state index contributed by atoms with van der Waals surface area (Å²) in [5.74, 6) is 0. The van der Waals surface area contributed by atoms with Crippen molar-refractivity contribution in [1.82, 2.24) is 0 Å². The smallest absolute Gasteiger partial charge is 0.741 e. The Morgan fingerprint density at radius 2 is 0.646 bits per heavy atom. The molecule has 339 valence electrons. The van der Waals surface area contributed by atoms with E-state index in [9.17, 15) is 13.2 Å². The Balaban J connectivity index is 0.000000225. The summed E-state index contributed by atoms with van der Waals surface area (Å²) >= 11 is 5.18. The standard InChI is InChI=1S/2C18H15P.C6H7O2P.C5H5.CCl3.CHF3O3S.Ru/c2*1-4-10-16(11-5-1)19(17-12-6-2-7-13-17)18-14-8-3-9-15-18;7-9(8)6-4-2-1-3-5-6;1-2-4-5-3-1;2-1-3-4-1;2-1(3,4)8(5,6)7;/h2*1-15H;1-5,7-8H;1-5H;;(H,5,6,7);/q;;;-1;+1;;+1/p-1. The van der Waals surface area contributed by atoms with Gasteiger partial charge in [0.05, 0.1) is 0 Å². The van der Waals surface area contributed by atoms with Crippen LogP contribution >= 0.6 is 35.8 Å². The summed E-state index contributed by atoms with van der Waals surface area (Å²) in [6.45, 7) is 0. The summed E-state index contributed by atoms with van der Waals surface area (Å²) in [5.41, 5.74) is -5.65. The fourth-order valence-corrected chi connectivity index (χ4v) is 10.7. The molecule has 2 N–H and O–H groups in total. The molecule has 0 aromatic heterocycles. The van der Waals surface area contributed by atoms with E-state index >= 15 is 0 Å². The second-order valence-electron chi connectivity index (χ2n) is 12.5. The third-order valence-corrected chi connectivity index (χ3v) is 16.2. The van der Waals surface area contributed by atoms with Gasteiger partial charge in [0, 0.05) is 5.30 Å². The Bertz CT molecular complexity index is 2190. The minimum Gasteiger partial charge on any atom is -0.741 e. The average Bonchev–Trinajstić information content (AvgIpc) is 3.85. The Morgan fingerprint density at radius 3 is 0.754 bits per heavy atom. The van der Waals surface area contributed by atoms with Gasteiger partial charge in [-0.05, 0) is 59.8 Å². The Morgan fingerprint density at radius 1 is 0.462 bits per heavy atom. The normalized spacial score (nSPS) is 11.5. The molecule has 0 amide bonds. The van der Waals surface area contributed by atoms with E-state index in [1.54, 1.807) is 24.3 Å². The van der Waals surface area contributed by atoms with E-state index in [1.165, 1.54) is 31.8 Å². The van der Waals surface area contributed by atoms with Gasteiger partial charge >= 0.3 is 49.4 Å². The summed E-state index contributed by atoms with van der Waals surface area (Å²) < 4.78 is 59.8. The summed E-state index contributed by atoms with van der Waals surface area (Å²) in [4.78, 5) is 17.3. The first-order valence-electron chi connectivity index (χ1n) is 19.0. The summed E-state index contributed by atoms with van der Waals surface area (Å²) in [6.07, 6.45) is 0. The molecular formula is C49H42Cl3F3O5P3RuS. The maximum atomic E-state index is 10.7. The Hall–Kier alpha value is -3.71. The third-order valence-electron chi connectivity index (χ3n) is 8.04. The fraction of sp³-hybridized carbons (Fsp3) is 0.0204. The molecule has 1 saturated heterocycles. The summed E-state index contributed by atoms with van der Waals surface area (Å²) in [5, 5.41) is 8.98. The van der Waals surface area contributed by atoms with Crippen LogP contribution in [0.4, 0.5) is 13.2 Å². The van der Waals surface area contributed by atoms with Crippen molar-refractivity contribution in [3.8, 4) is 0 Å². The molecule has 1 fully saturated rings. The Labute approximate surface area is 408 Å². The summed E-state index contributed by atoms with van der Waals surface area (Å²) in [7, 11) is -5.03. The van der Waals surface area contributed by atoms with Gasteiger partial charge in [-0.3, -0.25) is 0 Å². The number of benzene rings is 7. The van der Waals surface area contributed by atoms with Gasteiger partial charge in [-0.25, -0.2) is 20.6 Å². The quantitative estimate of drug-likeness (QED) is 0.0545. The van der Waals surface area contributed by atoms with Crippen molar-refractivity contribution in [2.45, 2.75) is 5.51 Å². The van der Waals surface area contributed by atoms with Crippen molar-refractivity contribution >= 4 is 83.1 Å². The SMILES string of the molecule is Cl[C-]1[Cl+][Cl+]1.O=S(=O)([O-])C(F)(F)F.OP(O)c1ccccc1.[Ru+].c1cc[cH-]c1.c1ccc(P(c2ccccc2)c2ccccc2)cc1.c1ccc(P(c2ccccc2)c2ccccc2)cc1. The van der Waals surface area contributed by atoms with Crippen LogP contribution in [0.25, 0.3) is 0 Å². The molecule has 0 unspecified atom stereocenters. The van der Waals surface area contributed by atoms with Crippen molar-refractivity contribution in [1.29, 1.82) is 0 Å². The third kappa shape index (κ3) is 21.6. The zero-order valence-electron chi connectivity index (χ0n) is 34.1. The van der Waals surface area contributed by atoms with Crippen molar-refractivity contribution in [2.24, 2.45) is 0 Å². The van der Waals surface area contributed by atoms with Gasteiger partial charge in [0.2, 0.25) is 0 Å². The van der Waals surface area contributed by atoms with Gasteiger partial charge in [-0.1, -0.05) is 200 Å². The maximum Gasteiger partial charge on any atom is 1.00 e. The average molecular weight is 1100 g/mol. The maximum absolute atomic E-state index is 10.7. The van der Waals surface area contributed by atoms with Crippen LogP contribution in [-0.2, 0) is 29.6 Å². The minimum absolute atomic E-state index is 0. The van der Waals surface area contributed by atoms with E-state index in [0.29, 0.717) is 5.30 Å². The molecule has 8 aromatic rings. The molecule has 0 bridgehead atoms. The molecule has 9 rings (SSSR count). The van der Waals surface area contributed by atoms with Crippen molar-refractivity contribution in [3.63, 3.8) is 0 Å². The Kier molecular flexibility index (Phi) is 26.1. The molecule has 1 aliphatic heterocycles. The van der Waals surface area contributed by atoms with E-state index in [2.05, 4.69) is 182 Å². The van der Waals surface area contributed by atoms with Gasteiger partial charge in [0.1, 0.15) is 0 Å². The van der Waals surface area contributed by atoms with E-state index in [1.807, 2.05) is 56.5 Å². The van der Waals surface area contributed by atoms with Crippen molar-refractivity contribution < 1.29 is 75.5 Å². The van der Waals surface area contributed by atoms with E-state index in [-0.39, 0.29) is 19.5 Å². The van der Waals surface area contributed by atoms with Gasteiger partial charge in [-0.15, -0.1) is 0 Å². The van der Waals surface area contributed by atoms with Crippen LogP contribution in [0.1, 0.15) is 0 Å². The molecule has 16 heteroatoms. The first kappa shape index (κ1) is 55.6. The minimum atomic E-state index is -6.09. The van der Waals surface area contributed by atoms with Crippen LogP contribution in [0, 0.1) is 24.4 Å². The molecule has 65 heavy (non-hydrogen) atoms. The van der Waals surface area contributed by atoms with Gasteiger partial charge in [-0.2, -0.15) is 43.0 Å². The number of alkyl halides is 3. The van der Waals surface area contributed by atoms with Crippen LogP contribution in [0.2, 0.25) is 0 Å². The predicted molar refractivity (Wildman–Crippen MR) is 255 cm³/mol. The van der Waals surface area contributed by atoms with Crippen molar-refractivity contribution in [3.05, 3.63) is 247 Å². The molecule has 0 atom stereocenters. The molecule has 8 aromatic carbocycles. The fourth-order valence-electron chi connectivity index (χ4n) is 5.25. The molecule has 5 nitrogen and oxygen atoms in total. The van der Waals surface area contributed by atoms with Gasteiger partial charge < -0.3 is 14.3 Å². The first-order chi connectivity index (χ1) is 30.8.